The second-order valence-electron chi connectivity index (χ2n) is 7.80. The third-order valence-electron chi connectivity index (χ3n) is 5.48. The van der Waals surface area contributed by atoms with Gasteiger partial charge >= 0.3 is 6.36 Å². The Bertz CT molecular complexity index is 1340. The Morgan fingerprint density at radius 3 is 2.59 bits per heavy atom. The number of alkyl halides is 3. The van der Waals surface area contributed by atoms with Gasteiger partial charge in [0.15, 0.2) is 17.3 Å². The molecule has 1 aliphatic heterocycles. The predicted octanol–water partition coefficient (Wildman–Crippen LogP) is 4.96. The molecule has 0 spiro atoms. The number of rotatable bonds is 7. The summed E-state index contributed by atoms with van der Waals surface area (Å²) in [6.07, 6.45) is -4.48. The van der Waals surface area contributed by atoms with E-state index in [-0.39, 0.29) is 42.3 Å². The number of carbonyl (C=O) groups is 1. The SMILES string of the molecule is O=C(CCc1ccc(OC(F)(F)F)c(F)c1)[C@@H]1CCCN1S(=O)(=O)c1cc2cc(F)ccc2o1. The Morgan fingerprint density at radius 1 is 1.12 bits per heavy atom. The number of sulfonamides is 1. The monoisotopic (exact) mass is 503 g/mol. The van der Waals surface area contributed by atoms with E-state index in [1.165, 1.54) is 18.2 Å². The molecule has 6 nitrogen and oxygen atoms in total. The number of hydrogen-bond donors (Lipinski definition) is 0. The molecule has 182 valence electrons. The molecule has 2 heterocycles. The van der Waals surface area contributed by atoms with Crippen molar-refractivity contribution < 1.29 is 44.3 Å². The van der Waals surface area contributed by atoms with Crippen molar-refractivity contribution in [3.8, 4) is 5.75 Å². The Hall–Kier alpha value is -2.99. The zero-order valence-electron chi connectivity index (χ0n) is 17.4. The lowest BCUT2D eigenvalue weighted by molar-refractivity contribution is -0.275. The van der Waals surface area contributed by atoms with Gasteiger partial charge in [0.2, 0.25) is 5.09 Å². The molecular weight excluding hydrogens is 485 g/mol. The van der Waals surface area contributed by atoms with Gasteiger partial charge in [-0.2, -0.15) is 4.31 Å². The highest BCUT2D eigenvalue weighted by Crippen LogP contribution is 2.32. The third-order valence-corrected chi connectivity index (χ3v) is 7.24. The van der Waals surface area contributed by atoms with Crippen LogP contribution in [0.1, 0.15) is 24.8 Å². The summed E-state index contributed by atoms with van der Waals surface area (Å²) in [5.74, 6) is -3.19. The number of Topliss-reactive ketones (excluding diaryl/α,β-unsaturated/α-hetero) is 1. The molecule has 0 saturated carbocycles. The van der Waals surface area contributed by atoms with Crippen molar-refractivity contribution in [1.29, 1.82) is 0 Å². The number of fused-ring (bicyclic) bond motifs is 1. The Balaban J connectivity index is 1.46. The first kappa shape index (κ1) is 24.1. The van der Waals surface area contributed by atoms with Gasteiger partial charge in [-0.25, -0.2) is 17.2 Å². The summed E-state index contributed by atoms with van der Waals surface area (Å²) in [5.41, 5.74) is 0.439. The van der Waals surface area contributed by atoms with E-state index >= 15 is 0 Å². The number of carbonyl (C=O) groups excluding carboxylic acids is 1. The minimum atomic E-state index is -5.04. The van der Waals surface area contributed by atoms with Crippen molar-refractivity contribution >= 4 is 26.8 Å². The smallest absolute Gasteiger partial charge is 0.443 e. The molecular formula is C22H18F5NO5S. The van der Waals surface area contributed by atoms with Crippen LogP contribution in [0.4, 0.5) is 22.0 Å². The molecule has 0 radical (unpaired) electrons. The molecule has 1 saturated heterocycles. The van der Waals surface area contributed by atoms with Crippen LogP contribution >= 0.6 is 0 Å². The number of nitrogens with zero attached hydrogens (tertiary/aromatic N) is 1. The lowest BCUT2D eigenvalue weighted by Crippen LogP contribution is -2.40. The van der Waals surface area contributed by atoms with Gasteiger partial charge in [0, 0.05) is 24.4 Å². The summed E-state index contributed by atoms with van der Waals surface area (Å²) >= 11 is 0. The van der Waals surface area contributed by atoms with E-state index in [0.29, 0.717) is 6.42 Å². The summed E-state index contributed by atoms with van der Waals surface area (Å²) in [5, 5.41) is -0.143. The largest absolute Gasteiger partial charge is 0.573 e. The van der Waals surface area contributed by atoms with Gasteiger partial charge in [0.05, 0.1) is 6.04 Å². The zero-order chi connectivity index (χ0) is 24.7. The molecule has 2 aromatic carbocycles. The van der Waals surface area contributed by atoms with Gasteiger partial charge in [-0.1, -0.05) is 6.07 Å². The maximum absolute atomic E-state index is 13.9. The number of aryl methyl sites for hydroxylation is 1. The average Bonchev–Trinajstić information content (AvgIpc) is 3.40. The molecule has 3 aromatic rings. The summed E-state index contributed by atoms with van der Waals surface area (Å²) in [7, 11) is -4.18. The lowest BCUT2D eigenvalue weighted by Gasteiger charge is -2.21. The fourth-order valence-electron chi connectivity index (χ4n) is 3.92. The molecule has 0 aliphatic carbocycles. The maximum atomic E-state index is 13.9. The number of benzene rings is 2. The highest BCUT2D eigenvalue weighted by atomic mass is 32.2. The van der Waals surface area contributed by atoms with E-state index in [2.05, 4.69) is 4.74 Å². The molecule has 0 amide bonds. The molecule has 1 aromatic heterocycles. The summed E-state index contributed by atoms with van der Waals surface area (Å²) < 4.78 is 100. The van der Waals surface area contributed by atoms with Crippen LogP contribution in [-0.4, -0.2) is 37.5 Å². The van der Waals surface area contributed by atoms with Crippen molar-refractivity contribution in [2.45, 2.75) is 43.2 Å². The van der Waals surface area contributed by atoms with Gasteiger partial charge in [0.1, 0.15) is 11.4 Å². The maximum Gasteiger partial charge on any atom is 0.573 e. The minimum absolute atomic E-state index is 0.00362. The summed E-state index contributed by atoms with van der Waals surface area (Å²) in [4.78, 5) is 12.8. The van der Waals surface area contributed by atoms with Crippen LogP contribution in [0, 0.1) is 11.6 Å². The summed E-state index contributed by atoms with van der Waals surface area (Å²) in [6.45, 7) is 0.0856. The molecule has 34 heavy (non-hydrogen) atoms. The Labute approximate surface area is 191 Å². The van der Waals surface area contributed by atoms with E-state index in [9.17, 15) is 35.2 Å². The van der Waals surface area contributed by atoms with Crippen LogP contribution in [0.3, 0.4) is 0 Å². The normalized spacial score (nSPS) is 17.4. The fourth-order valence-corrected chi connectivity index (χ4v) is 5.55. The minimum Gasteiger partial charge on any atom is -0.443 e. The molecule has 12 heteroatoms. The standard InChI is InChI=1S/C22H18F5NO5S/c23-15-5-8-19-14(11-15)12-21(32-19)34(30,31)28-9-1-2-17(28)18(29)6-3-13-4-7-20(16(24)10-13)33-22(25,26)27/h4-5,7-8,10-12,17H,1-3,6,9H2/t17-/m0/s1. The van der Waals surface area contributed by atoms with E-state index in [4.69, 9.17) is 4.42 Å². The van der Waals surface area contributed by atoms with Crippen molar-refractivity contribution in [2.24, 2.45) is 0 Å². The number of ether oxygens (including phenoxy) is 1. The first-order valence-electron chi connectivity index (χ1n) is 10.2. The highest BCUT2D eigenvalue weighted by molar-refractivity contribution is 7.89. The van der Waals surface area contributed by atoms with Crippen molar-refractivity contribution in [3.05, 3.63) is 59.7 Å². The topological polar surface area (TPSA) is 76.8 Å². The van der Waals surface area contributed by atoms with E-state index in [1.54, 1.807) is 0 Å². The van der Waals surface area contributed by atoms with Gasteiger partial charge in [-0.3, -0.25) is 4.79 Å². The average molecular weight is 503 g/mol. The number of ketones is 1. The molecule has 1 fully saturated rings. The number of halogens is 5. The van der Waals surface area contributed by atoms with Gasteiger partial charge < -0.3 is 9.15 Å². The highest BCUT2D eigenvalue weighted by Gasteiger charge is 2.40. The number of furan rings is 1. The summed E-state index contributed by atoms with van der Waals surface area (Å²) in [6, 6.07) is 6.66. The van der Waals surface area contributed by atoms with E-state index in [1.807, 2.05) is 0 Å². The van der Waals surface area contributed by atoms with Gasteiger partial charge in [-0.05, 0) is 55.2 Å². The van der Waals surface area contributed by atoms with Crippen molar-refractivity contribution in [3.63, 3.8) is 0 Å². The second kappa shape index (κ2) is 8.99. The van der Waals surface area contributed by atoms with Crippen LogP contribution < -0.4 is 4.74 Å². The van der Waals surface area contributed by atoms with Crippen LogP contribution in [0.25, 0.3) is 11.0 Å². The first-order chi connectivity index (χ1) is 15.9. The van der Waals surface area contributed by atoms with Crippen LogP contribution in [0.5, 0.6) is 5.75 Å². The molecule has 4 rings (SSSR count). The number of hydrogen-bond acceptors (Lipinski definition) is 5. The van der Waals surface area contributed by atoms with Crippen LogP contribution in [-0.2, 0) is 21.2 Å². The van der Waals surface area contributed by atoms with Crippen molar-refractivity contribution in [1.82, 2.24) is 4.31 Å². The molecule has 0 unspecified atom stereocenters. The molecule has 0 N–H and O–H groups in total. The molecule has 0 bridgehead atoms. The third kappa shape index (κ3) is 5.07. The quantitative estimate of drug-likeness (QED) is 0.426. The van der Waals surface area contributed by atoms with Crippen molar-refractivity contribution in [2.75, 3.05) is 6.54 Å². The molecule has 1 aliphatic rings. The Morgan fingerprint density at radius 2 is 1.88 bits per heavy atom. The lowest BCUT2D eigenvalue weighted by atomic mass is 10.0. The van der Waals surface area contributed by atoms with Crippen LogP contribution in [0.15, 0.2) is 52.0 Å². The molecule has 1 atom stereocenters. The fraction of sp³-hybridized carbons (Fsp3) is 0.318. The van der Waals surface area contributed by atoms with Crippen LogP contribution in [0.2, 0.25) is 0 Å². The first-order valence-corrected chi connectivity index (χ1v) is 11.7. The predicted molar refractivity (Wildman–Crippen MR) is 109 cm³/mol. The Kier molecular flexibility index (Phi) is 6.38. The van der Waals surface area contributed by atoms with Gasteiger partial charge in [-0.15, -0.1) is 13.2 Å². The van der Waals surface area contributed by atoms with E-state index < -0.39 is 50.7 Å². The zero-order valence-corrected chi connectivity index (χ0v) is 18.3. The van der Waals surface area contributed by atoms with E-state index in [0.717, 1.165) is 28.6 Å². The second-order valence-corrected chi connectivity index (χ2v) is 9.62. The van der Waals surface area contributed by atoms with Gasteiger partial charge in [0.25, 0.3) is 10.0 Å².